The molecule has 1 rings (SSSR count). The van der Waals surface area contributed by atoms with Gasteiger partial charge in [-0.25, -0.2) is 5.06 Å². The van der Waals surface area contributed by atoms with E-state index >= 15 is 0 Å². The average molecular weight is 301 g/mol. The maximum absolute atomic E-state index is 12.0. The number of carbonyl (C=O) groups excluding carboxylic acids is 1. The molecule has 0 fully saturated rings. The van der Waals surface area contributed by atoms with Crippen molar-refractivity contribution < 1.29 is 22.2 Å². The first-order chi connectivity index (χ1) is 9.40. The molecule has 0 saturated heterocycles. The Hall–Kier alpha value is -1.60. The van der Waals surface area contributed by atoms with Gasteiger partial charge in [0.1, 0.15) is 5.75 Å². The average Bonchev–Trinajstić information content (AvgIpc) is 2.44. The summed E-state index contributed by atoms with van der Waals surface area (Å²) in [5.41, 5.74) is 0. The molecule has 0 aliphatic carbocycles. The van der Waals surface area contributed by atoms with Gasteiger partial charge >= 0.3 is 10.1 Å². The fourth-order valence-electron chi connectivity index (χ4n) is 1.46. The third-order valence-corrected chi connectivity index (χ3v) is 3.92. The topological polar surface area (TPSA) is 72.9 Å². The van der Waals surface area contributed by atoms with Crippen LogP contribution in [0.2, 0.25) is 0 Å². The molecule has 0 unspecified atom stereocenters. The van der Waals surface area contributed by atoms with Crippen LogP contribution < -0.4 is 4.74 Å². The van der Waals surface area contributed by atoms with Gasteiger partial charge < -0.3 is 4.74 Å². The summed E-state index contributed by atoms with van der Waals surface area (Å²) < 4.78 is 33.6. The zero-order valence-corrected chi connectivity index (χ0v) is 12.6. The van der Waals surface area contributed by atoms with Crippen molar-refractivity contribution in [1.82, 2.24) is 5.06 Å². The standard InChI is InChI=1S/C13H19NO5S/c1-4-5-6-13(15)14(2)19-20(16,17)12-9-7-11(18-3)8-10-12/h7-10H,4-6H2,1-3H3. The number of rotatable bonds is 7. The lowest BCUT2D eigenvalue weighted by Crippen LogP contribution is -2.29. The van der Waals surface area contributed by atoms with Crippen LogP contribution in [0.3, 0.4) is 0 Å². The zero-order valence-electron chi connectivity index (χ0n) is 11.8. The number of unbranched alkanes of at least 4 members (excludes halogenated alkanes) is 1. The highest BCUT2D eigenvalue weighted by Gasteiger charge is 2.21. The Morgan fingerprint density at radius 1 is 1.25 bits per heavy atom. The molecule has 1 aromatic carbocycles. The summed E-state index contributed by atoms with van der Waals surface area (Å²) >= 11 is 0. The van der Waals surface area contributed by atoms with Crippen LogP contribution in [-0.4, -0.2) is 33.5 Å². The van der Waals surface area contributed by atoms with Crippen molar-refractivity contribution in [2.45, 2.75) is 31.1 Å². The van der Waals surface area contributed by atoms with E-state index in [-0.39, 0.29) is 17.2 Å². The van der Waals surface area contributed by atoms with Crippen LogP contribution in [0.1, 0.15) is 26.2 Å². The van der Waals surface area contributed by atoms with Gasteiger partial charge in [0.15, 0.2) is 0 Å². The SMILES string of the molecule is CCCCC(=O)N(C)OS(=O)(=O)c1ccc(OC)cc1. The molecule has 6 nitrogen and oxygen atoms in total. The van der Waals surface area contributed by atoms with Crippen molar-refractivity contribution in [3.05, 3.63) is 24.3 Å². The molecule has 0 radical (unpaired) electrons. The first-order valence-corrected chi connectivity index (χ1v) is 7.66. The highest BCUT2D eigenvalue weighted by atomic mass is 32.2. The summed E-state index contributed by atoms with van der Waals surface area (Å²) in [6.45, 7) is 1.95. The van der Waals surface area contributed by atoms with Crippen molar-refractivity contribution in [1.29, 1.82) is 0 Å². The molecule has 0 aromatic heterocycles. The van der Waals surface area contributed by atoms with Crippen molar-refractivity contribution in [2.75, 3.05) is 14.2 Å². The molecule has 7 heteroatoms. The number of hydrogen-bond acceptors (Lipinski definition) is 5. The van der Waals surface area contributed by atoms with Crippen LogP contribution in [0.25, 0.3) is 0 Å². The van der Waals surface area contributed by atoms with Crippen LogP contribution >= 0.6 is 0 Å². The third kappa shape index (κ3) is 4.50. The van der Waals surface area contributed by atoms with E-state index in [9.17, 15) is 13.2 Å². The molecule has 0 aliphatic heterocycles. The number of carbonyl (C=O) groups is 1. The molecule has 1 amide bonds. The maximum Gasteiger partial charge on any atom is 0.317 e. The molecular weight excluding hydrogens is 282 g/mol. The minimum atomic E-state index is -4.01. The van der Waals surface area contributed by atoms with Gasteiger partial charge in [-0.3, -0.25) is 4.79 Å². The Bertz CT molecular complexity index is 538. The van der Waals surface area contributed by atoms with E-state index in [1.807, 2.05) is 6.92 Å². The number of nitrogens with zero attached hydrogens (tertiary/aromatic N) is 1. The summed E-state index contributed by atoms with van der Waals surface area (Å²) in [7, 11) is -1.23. The van der Waals surface area contributed by atoms with E-state index in [4.69, 9.17) is 9.02 Å². The second-order valence-electron chi connectivity index (χ2n) is 4.20. The minimum absolute atomic E-state index is 0.0339. The van der Waals surface area contributed by atoms with Crippen molar-refractivity contribution in [3.63, 3.8) is 0 Å². The minimum Gasteiger partial charge on any atom is -0.497 e. The fourth-order valence-corrected chi connectivity index (χ4v) is 2.39. The third-order valence-electron chi connectivity index (χ3n) is 2.65. The lowest BCUT2D eigenvalue weighted by Gasteiger charge is -2.16. The van der Waals surface area contributed by atoms with Crippen LogP contribution in [0.4, 0.5) is 0 Å². The van der Waals surface area contributed by atoms with E-state index in [1.165, 1.54) is 38.4 Å². The summed E-state index contributed by atoms with van der Waals surface area (Å²) in [4.78, 5) is 11.6. The van der Waals surface area contributed by atoms with E-state index in [0.717, 1.165) is 11.5 Å². The number of amides is 1. The fraction of sp³-hybridized carbons (Fsp3) is 0.462. The van der Waals surface area contributed by atoms with Crippen molar-refractivity contribution in [2.24, 2.45) is 0 Å². The number of benzene rings is 1. The van der Waals surface area contributed by atoms with E-state index in [0.29, 0.717) is 12.2 Å². The van der Waals surface area contributed by atoms with Crippen LogP contribution in [0.5, 0.6) is 5.75 Å². The normalized spacial score (nSPS) is 11.2. The maximum atomic E-state index is 12.0. The van der Waals surface area contributed by atoms with Crippen LogP contribution in [-0.2, 0) is 19.2 Å². The van der Waals surface area contributed by atoms with Crippen molar-refractivity contribution in [3.8, 4) is 5.75 Å². The first kappa shape index (κ1) is 16.5. The largest absolute Gasteiger partial charge is 0.497 e. The summed E-state index contributed by atoms with van der Waals surface area (Å²) in [6, 6.07) is 5.74. The van der Waals surface area contributed by atoms with Gasteiger partial charge in [0.25, 0.3) is 0 Å². The van der Waals surface area contributed by atoms with E-state index < -0.39 is 10.1 Å². The lowest BCUT2D eigenvalue weighted by molar-refractivity contribution is -0.151. The van der Waals surface area contributed by atoms with Crippen molar-refractivity contribution >= 4 is 16.0 Å². The van der Waals surface area contributed by atoms with E-state index in [1.54, 1.807) is 0 Å². The molecular formula is C13H19NO5S. The van der Waals surface area contributed by atoms with Gasteiger partial charge in [-0.05, 0) is 30.7 Å². The van der Waals surface area contributed by atoms with Gasteiger partial charge in [-0.1, -0.05) is 13.3 Å². The molecule has 1 aromatic rings. The molecule has 0 N–H and O–H groups in total. The Kier molecular flexibility index (Phi) is 5.97. The van der Waals surface area contributed by atoms with Gasteiger partial charge in [0.05, 0.1) is 12.0 Å². The number of methoxy groups -OCH3 is 1. The monoisotopic (exact) mass is 301 g/mol. The Morgan fingerprint density at radius 3 is 2.35 bits per heavy atom. The first-order valence-electron chi connectivity index (χ1n) is 6.26. The second-order valence-corrected chi connectivity index (χ2v) is 5.73. The molecule has 0 heterocycles. The Labute approximate surface area is 119 Å². The zero-order chi connectivity index (χ0) is 15.2. The molecule has 0 spiro atoms. The molecule has 112 valence electrons. The molecule has 20 heavy (non-hydrogen) atoms. The van der Waals surface area contributed by atoms with Gasteiger partial charge in [0, 0.05) is 13.5 Å². The molecule has 0 saturated carbocycles. The second kappa shape index (κ2) is 7.25. The number of hydrogen-bond donors (Lipinski definition) is 0. The Balaban J connectivity index is 2.75. The predicted octanol–water partition coefficient (Wildman–Crippen LogP) is 1.96. The van der Waals surface area contributed by atoms with Gasteiger partial charge in [-0.2, -0.15) is 8.42 Å². The highest BCUT2D eigenvalue weighted by molar-refractivity contribution is 7.86. The Morgan fingerprint density at radius 2 is 1.85 bits per heavy atom. The lowest BCUT2D eigenvalue weighted by atomic mass is 10.2. The molecule has 0 bridgehead atoms. The highest BCUT2D eigenvalue weighted by Crippen LogP contribution is 2.18. The smallest absolute Gasteiger partial charge is 0.317 e. The summed E-state index contributed by atoms with van der Waals surface area (Å²) in [6.07, 6.45) is 1.80. The molecule has 0 aliphatic rings. The number of hydroxylamine groups is 2. The van der Waals surface area contributed by atoms with Crippen LogP contribution in [0.15, 0.2) is 29.2 Å². The quantitative estimate of drug-likeness (QED) is 0.720. The van der Waals surface area contributed by atoms with Crippen LogP contribution in [0, 0.1) is 0 Å². The number of ether oxygens (including phenoxy) is 1. The summed E-state index contributed by atoms with van der Waals surface area (Å²) in [5, 5.41) is 0.759. The predicted molar refractivity (Wildman–Crippen MR) is 73.6 cm³/mol. The van der Waals surface area contributed by atoms with Gasteiger partial charge in [0.2, 0.25) is 5.91 Å². The summed E-state index contributed by atoms with van der Waals surface area (Å²) in [5.74, 6) is 0.167. The van der Waals surface area contributed by atoms with Gasteiger partial charge in [-0.15, -0.1) is 4.28 Å². The molecule has 0 atom stereocenters. The van der Waals surface area contributed by atoms with E-state index in [2.05, 4.69) is 0 Å².